The van der Waals surface area contributed by atoms with E-state index in [4.69, 9.17) is 5.73 Å². The fraction of sp³-hybridized carbons (Fsp3) is 0.562. The number of amides is 1. The first-order valence-corrected chi connectivity index (χ1v) is 7.46. The highest BCUT2D eigenvalue weighted by atomic mass is 16.2. The van der Waals surface area contributed by atoms with Gasteiger partial charge >= 0.3 is 0 Å². The Morgan fingerprint density at radius 2 is 2.00 bits per heavy atom. The zero-order chi connectivity index (χ0) is 15.0. The predicted octanol–water partition coefficient (Wildman–Crippen LogP) is 2.97. The molecule has 0 bridgehead atoms. The van der Waals surface area contributed by atoms with Crippen molar-refractivity contribution in [2.24, 2.45) is 5.92 Å². The van der Waals surface area contributed by atoms with Crippen LogP contribution in [0.4, 0.5) is 11.4 Å². The van der Waals surface area contributed by atoms with Gasteiger partial charge in [0.05, 0.1) is 6.54 Å². The average molecular weight is 277 g/mol. The van der Waals surface area contributed by atoms with Gasteiger partial charge in [0, 0.05) is 17.9 Å². The van der Waals surface area contributed by atoms with Gasteiger partial charge in [-0.1, -0.05) is 39.7 Å². The van der Waals surface area contributed by atoms with Crippen molar-refractivity contribution in [3.8, 4) is 0 Å². The summed E-state index contributed by atoms with van der Waals surface area (Å²) in [5, 5.41) is 2.90. The van der Waals surface area contributed by atoms with Crippen LogP contribution in [0.25, 0.3) is 0 Å². The third-order valence-electron chi connectivity index (χ3n) is 3.66. The predicted molar refractivity (Wildman–Crippen MR) is 85.7 cm³/mol. The minimum atomic E-state index is 0.0170. The maximum Gasteiger partial charge on any atom is 0.238 e. The van der Waals surface area contributed by atoms with Gasteiger partial charge in [-0.25, -0.2) is 0 Å². The van der Waals surface area contributed by atoms with Gasteiger partial charge in [0.25, 0.3) is 0 Å². The number of likely N-dealkylation sites (N-methyl/N-ethyl adjacent to an activating group) is 1. The van der Waals surface area contributed by atoms with Crippen LogP contribution in [0.3, 0.4) is 0 Å². The molecule has 0 heterocycles. The molecular weight excluding hydrogens is 250 g/mol. The summed E-state index contributed by atoms with van der Waals surface area (Å²) in [7, 11) is 0. The number of carbonyl (C=O) groups is 1. The number of benzene rings is 1. The van der Waals surface area contributed by atoms with E-state index in [9.17, 15) is 4.79 Å². The number of rotatable bonds is 8. The lowest BCUT2D eigenvalue weighted by atomic mass is 10.0. The Balaban J connectivity index is 2.50. The van der Waals surface area contributed by atoms with E-state index in [1.807, 2.05) is 12.1 Å². The molecule has 112 valence electrons. The van der Waals surface area contributed by atoms with E-state index in [-0.39, 0.29) is 5.91 Å². The third-order valence-corrected chi connectivity index (χ3v) is 3.66. The lowest BCUT2D eigenvalue weighted by Crippen LogP contribution is -2.36. The Morgan fingerprint density at radius 1 is 1.30 bits per heavy atom. The van der Waals surface area contributed by atoms with E-state index in [1.54, 1.807) is 12.1 Å². The summed E-state index contributed by atoms with van der Waals surface area (Å²) in [6.07, 6.45) is 2.31. The normalized spacial score (nSPS) is 11.1. The van der Waals surface area contributed by atoms with Crippen LogP contribution in [0.2, 0.25) is 0 Å². The summed E-state index contributed by atoms with van der Waals surface area (Å²) in [5.41, 5.74) is 7.12. The van der Waals surface area contributed by atoms with Crippen LogP contribution in [0.5, 0.6) is 0 Å². The molecule has 0 spiro atoms. The fourth-order valence-corrected chi connectivity index (χ4v) is 2.24. The molecule has 0 saturated heterocycles. The van der Waals surface area contributed by atoms with Gasteiger partial charge in [0.2, 0.25) is 5.91 Å². The molecule has 0 aliphatic carbocycles. The molecule has 0 saturated carbocycles. The van der Waals surface area contributed by atoms with Crippen molar-refractivity contribution in [1.82, 2.24) is 4.90 Å². The quantitative estimate of drug-likeness (QED) is 0.718. The molecule has 1 amide bonds. The second-order valence-electron chi connectivity index (χ2n) is 5.18. The van der Waals surface area contributed by atoms with Gasteiger partial charge in [-0.15, -0.1) is 0 Å². The van der Waals surface area contributed by atoms with Crippen molar-refractivity contribution >= 4 is 17.3 Å². The Morgan fingerprint density at radius 3 is 2.55 bits per heavy atom. The molecule has 0 radical (unpaired) electrons. The number of nitrogens with one attached hydrogen (secondary N) is 1. The molecule has 3 N–H and O–H groups in total. The number of nitrogens with zero attached hydrogens (tertiary/aromatic N) is 1. The van der Waals surface area contributed by atoms with E-state index in [2.05, 4.69) is 31.0 Å². The van der Waals surface area contributed by atoms with Crippen LogP contribution in [0, 0.1) is 5.92 Å². The van der Waals surface area contributed by atoms with Crippen molar-refractivity contribution in [2.45, 2.75) is 33.6 Å². The van der Waals surface area contributed by atoms with E-state index < -0.39 is 0 Å². The highest BCUT2D eigenvalue weighted by molar-refractivity contribution is 5.92. The Bertz CT molecular complexity index is 416. The van der Waals surface area contributed by atoms with Gasteiger partial charge in [-0.2, -0.15) is 0 Å². The number of nitrogens with two attached hydrogens (primary N) is 1. The molecule has 4 nitrogen and oxygen atoms in total. The maximum atomic E-state index is 12.1. The van der Waals surface area contributed by atoms with Gasteiger partial charge in [0.15, 0.2) is 0 Å². The summed E-state index contributed by atoms with van der Waals surface area (Å²) in [4.78, 5) is 14.3. The fourth-order valence-electron chi connectivity index (χ4n) is 2.24. The van der Waals surface area contributed by atoms with E-state index in [1.165, 1.54) is 0 Å². The third kappa shape index (κ3) is 5.61. The number of carbonyl (C=O) groups excluding carboxylic acids is 1. The highest BCUT2D eigenvalue weighted by Gasteiger charge is 2.13. The van der Waals surface area contributed by atoms with E-state index >= 15 is 0 Å². The highest BCUT2D eigenvalue weighted by Crippen LogP contribution is 2.13. The van der Waals surface area contributed by atoms with E-state index in [0.717, 1.165) is 31.6 Å². The summed E-state index contributed by atoms with van der Waals surface area (Å²) in [6.45, 7) is 8.80. The number of anilines is 2. The number of nitrogen functional groups attached to an aromatic ring is 1. The molecule has 1 aromatic rings. The van der Waals surface area contributed by atoms with Crippen molar-refractivity contribution < 1.29 is 4.79 Å². The SMILES string of the molecule is CCC(CC)CN(CC)CC(=O)Nc1cccc(N)c1. The topological polar surface area (TPSA) is 58.4 Å². The Labute approximate surface area is 122 Å². The minimum absolute atomic E-state index is 0.0170. The first-order valence-electron chi connectivity index (χ1n) is 7.46. The molecule has 0 aromatic heterocycles. The van der Waals surface area contributed by atoms with Crippen molar-refractivity contribution in [3.05, 3.63) is 24.3 Å². The van der Waals surface area contributed by atoms with Crippen LogP contribution in [0.1, 0.15) is 33.6 Å². The van der Waals surface area contributed by atoms with Gasteiger partial charge in [-0.05, 0) is 30.7 Å². The van der Waals surface area contributed by atoms with E-state index in [0.29, 0.717) is 18.2 Å². The second-order valence-corrected chi connectivity index (χ2v) is 5.18. The standard InChI is InChI=1S/C16H27N3O/c1-4-13(5-2)11-19(6-3)12-16(20)18-15-9-7-8-14(17)10-15/h7-10,13H,4-6,11-12,17H2,1-3H3,(H,18,20). The maximum absolute atomic E-state index is 12.1. The number of hydrogen-bond acceptors (Lipinski definition) is 3. The summed E-state index contributed by atoms with van der Waals surface area (Å²) < 4.78 is 0. The largest absolute Gasteiger partial charge is 0.399 e. The summed E-state index contributed by atoms with van der Waals surface area (Å²) >= 11 is 0. The van der Waals surface area contributed by atoms with Gasteiger partial charge < -0.3 is 11.1 Å². The van der Waals surface area contributed by atoms with Crippen LogP contribution < -0.4 is 11.1 Å². The molecule has 20 heavy (non-hydrogen) atoms. The molecular formula is C16H27N3O. The Hall–Kier alpha value is -1.55. The molecule has 0 aliphatic heterocycles. The van der Waals surface area contributed by atoms with Gasteiger partial charge in [0.1, 0.15) is 0 Å². The summed E-state index contributed by atoms with van der Waals surface area (Å²) in [6, 6.07) is 7.27. The van der Waals surface area contributed by atoms with Crippen LogP contribution in [-0.2, 0) is 4.79 Å². The van der Waals surface area contributed by atoms with Crippen LogP contribution in [0.15, 0.2) is 24.3 Å². The van der Waals surface area contributed by atoms with Crippen LogP contribution in [-0.4, -0.2) is 30.4 Å². The number of hydrogen-bond donors (Lipinski definition) is 2. The minimum Gasteiger partial charge on any atom is -0.399 e. The zero-order valence-electron chi connectivity index (χ0n) is 12.9. The lowest BCUT2D eigenvalue weighted by molar-refractivity contribution is -0.117. The van der Waals surface area contributed by atoms with Crippen molar-refractivity contribution in [1.29, 1.82) is 0 Å². The first-order chi connectivity index (χ1) is 9.58. The molecule has 1 aromatic carbocycles. The molecule has 0 unspecified atom stereocenters. The molecule has 0 fully saturated rings. The zero-order valence-corrected chi connectivity index (χ0v) is 12.9. The van der Waals surface area contributed by atoms with Crippen molar-refractivity contribution in [2.75, 3.05) is 30.7 Å². The summed E-state index contributed by atoms with van der Waals surface area (Å²) in [5.74, 6) is 0.679. The Kier molecular flexibility index (Phi) is 7.09. The lowest BCUT2D eigenvalue weighted by Gasteiger charge is -2.24. The van der Waals surface area contributed by atoms with Gasteiger partial charge in [-0.3, -0.25) is 9.69 Å². The second kappa shape index (κ2) is 8.59. The van der Waals surface area contributed by atoms with Crippen LogP contribution >= 0.6 is 0 Å². The average Bonchev–Trinajstić information content (AvgIpc) is 2.43. The molecule has 1 rings (SSSR count). The molecule has 0 atom stereocenters. The first kappa shape index (κ1) is 16.5. The smallest absolute Gasteiger partial charge is 0.238 e. The molecule has 4 heteroatoms. The monoisotopic (exact) mass is 277 g/mol. The molecule has 0 aliphatic rings. The van der Waals surface area contributed by atoms with Crippen molar-refractivity contribution in [3.63, 3.8) is 0 Å².